The summed E-state index contributed by atoms with van der Waals surface area (Å²) in [6.07, 6.45) is 12.5. The number of aromatic amines is 2. The molecule has 3 N–H and O–H groups in total. The van der Waals surface area contributed by atoms with Crippen molar-refractivity contribution in [2.45, 2.75) is 20.3 Å². The van der Waals surface area contributed by atoms with Crippen LogP contribution in [0.3, 0.4) is 0 Å². The van der Waals surface area contributed by atoms with Gasteiger partial charge in [0, 0.05) is 35.1 Å². The number of allylic oxidation sites excluding steroid dienone is 4. The quantitative estimate of drug-likeness (QED) is 0.304. The number of nitrogens with one attached hydrogen (secondary N) is 3. The number of nitrogens with zero attached hydrogens (tertiary/aromatic N) is 5. The second kappa shape index (κ2) is 8.81. The van der Waals surface area contributed by atoms with E-state index in [0.29, 0.717) is 6.54 Å². The molecule has 0 fully saturated rings. The van der Waals surface area contributed by atoms with Gasteiger partial charge in [0.2, 0.25) is 0 Å². The molecule has 5 heterocycles. The molecule has 6 rings (SSSR count). The number of hydrogen-bond acceptors (Lipinski definition) is 5. The van der Waals surface area contributed by atoms with Crippen LogP contribution in [0.4, 0.5) is 0 Å². The Morgan fingerprint density at radius 3 is 2.89 bits per heavy atom. The SMILES string of the molecule is C=C(CC)NC1=CC(c2ccc3[nH]nc(-c4cc5c(-n6cnc(C)c6)nccc5[nH]4)c3c2)=CCN=C1. The van der Waals surface area contributed by atoms with Crippen LogP contribution in [-0.4, -0.2) is 42.5 Å². The Kier molecular flexibility index (Phi) is 5.33. The maximum absolute atomic E-state index is 4.66. The zero-order valence-corrected chi connectivity index (χ0v) is 20.2. The van der Waals surface area contributed by atoms with Crippen molar-refractivity contribution in [2.75, 3.05) is 6.54 Å². The molecule has 36 heavy (non-hydrogen) atoms. The number of aliphatic imine (C=N–C) groups is 1. The summed E-state index contributed by atoms with van der Waals surface area (Å²) < 4.78 is 1.95. The van der Waals surface area contributed by atoms with Crippen LogP contribution in [0.1, 0.15) is 24.6 Å². The van der Waals surface area contributed by atoms with Gasteiger partial charge in [-0.15, -0.1) is 0 Å². The van der Waals surface area contributed by atoms with Crippen LogP contribution in [0.25, 0.3) is 44.6 Å². The van der Waals surface area contributed by atoms with Gasteiger partial charge in [0.15, 0.2) is 0 Å². The van der Waals surface area contributed by atoms with E-state index in [1.54, 1.807) is 12.5 Å². The molecular formula is C28H26N8. The van der Waals surface area contributed by atoms with Gasteiger partial charge in [-0.2, -0.15) is 5.10 Å². The molecule has 0 saturated heterocycles. The van der Waals surface area contributed by atoms with Crippen LogP contribution in [0.2, 0.25) is 0 Å². The molecule has 0 spiro atoms. The second-order valence-corrected chi connectivity index (χ2v) is 8.87. The standard InChI is InChI=1S/C28H26N8/c1-4-17(2)32-21-11-20(7-9-29-14-21)19-5-6-25-22(12-19)27(35-34-25)26-13-23-24(33-26)8-10-30-28(23)36-15-18(3)31-16-36/h5-8,10-16,32-33H,2,4,9H2,1,3H3,(H,34,35). The Bertz CT molecular complexity index is 1710. The molecule has 0 unspecified atom stereocenters. The zero-order chi connectivity index (χ0) is 24.6. The summed E-state index contributed by atoms with van der Waals surface area (Å²) in [4.78, 5) is 17.0. The number of rotatable bonds is 6. The highest BCUT2D eigenvalue weighted by atomic mass is 15.1. The Morgan fingerprint density at radius 2 is 2.06 bits per heavy atom. The summed E-state index contributed by atoms with van der Waals surface area (Å²) >= 11 is 0. The molecule has 0 saturated carbocycles. The molecule has 0 amide bonds. The lowest BCUT2D eigenvalue weighted by Crippen LogP contribution is -2.12. The van der Waals surface area contributed by atoms with Crippen molar-refractivity contribution in [3.63, 3.8) is 0 Å². The Balaban J connectivity index is 1.42. The molecule has 5 aromatic rings. The summed E-state index contributed by atoms with van der Waals surface area (Å²) in [6, 6.07) is 10.4. The lowest BCUT2D eigenvalue weighted by molar-refractivity contribution is 0.933. The van der Waals surface area contributed by atoms with E-state index in [9.17, 15) is 0 Å². The van der Waals surface area contributed by atoms with Crippen molar-refractivity contribution in [3.05, 3.63) is 90.4 Å². The highest BCUT2D eigenvalue weighted by molar-refractivity contribution is 5.99. The first-order valence-corrected chi connectivity index (χ1v) is 11.9. The highest BCUT2D eigenvalue weighted by Crippen LogP contribution is 2.32. The van der Waals surface area contributed by atoms with E-state index >= 15 is 0 Å². The van der Waals surface area contributed by atoms with E-state index in [2.05, 4.69) is 85.4 Å². The molecule has 178 valence electrons. The summed E-state index contributed by atoms with van der Waals surface area (Å²) in [7, 11) is 0. The lowest BCUT2D eigenvalue weighted by Gasteiger charge is -2.09. The third kappa shape index (κ3) is 3.92. The summed E-state index contributed by atoms with van der Waals surface area (Å²) in [5.74, 6) is 0.832. The van der Waals surface area contributed by atoms with Crippen molar-refractivity contribution in [3.8, 4) is 17.2 Å². The fourth-order valence-electron chi connectivity index (χ4n) is 4.44. The van der Waals surface area contributed by atoms with Gasteiger partial charge in [0.1, 0.15) is 17.8 Å². The molecular weight excluding hydrogens is 448 g/mol. The number of aromatic nitrogens is 6. The molecule has 0 aliphatic carbocycles. The summed E-state index contributed by atoms with van der Waals surface area (Å²) in [5.41, 5.74) is 8.80. The average molecular weight is 475 g/mol. The van der Waals surface area contributed by atoms with Gasteiger partial charge in [-0.25, -0.2) is 9.97 Å². The van der Waals surface area contributed by atoms with Crippen LogP contribution in [0, 0.1) is 6.92 Å². The van der Waals surface area contributed by atoms with Crippen LogP contribution in [0.5, 0.6) is 0 Å². The minimum Gasteiger partial charge on any atom is -0.358 e. The molecule has 1 aliphatic rings. The Labute approximate surface area is 208 Å². The molecule has 4 aromatic heterocycles. The predicted octanol–water partition coefficient (Wildman–Crippen LogP) is 5.47. The average Bonchev–Trinajstić information content (AvgIpc) is 3.58. The fraction of sp³-hybridized carbons (Fsp3) is 0.143. The fourth-order valence-corrected chi connectivity index (χ4v) is 4.44. The third-order valence-electron chi connectivity index (χ3n) is 6.34. The number of benzene rings is 1. The predicted molar refractivity (Wildman–Crippen MR) is 145 cm³/mol. The Morgan fingerprint density at radius 1 is 1.14 bits per heavy atom. The van der Waals surface area contributed by atoms with Gasteiger partial charge in [-0.3, -0.25) is 14.7 Å². The summed E-state index contributed by atoms with van der Waals surface area (Å²) in [5, 5.41) is 13.2. The topological polar surface area (TPSA) is 99.6 Å². The van der Waals surface area contributed by atoms with Crippen LogP contribution >= 0.6 is 0 Å². The highest BCUT2D eigenvalue weighted by Gasteiger charge is 2.15. The third-order valence-corrected chi connectivity index (χ3v) is 6.34. The first kappa shape index (κ1) is 21.8. The maximum atomic E-state index is 4.66. The van der Waals surface area contributed by atoms with Crippen molar-refractivity contribution >= 4 is 33.6 Å². The van der Waals surface area contributed by atoms with Gasteiger partial charge >= 0.3 is 0 Å². The summed E-state index contributed by atoms with van der Waals surface area (Å²) in [6.45, 7) is 8.73. The van der Waals surface area contributed by atoms with E-state index in [-0.39, 0.29) is 0 Å². The molecule has 0 atom stereocenters. The molecule has 1 aliphatic heterocycles. The largest absolute Gasteiger partial charge is 0.358 e. The van der Waals surface area contributed by atoms with E-state index < -0.39 is 0 Å². The number of imidazole rings is 1. The van der Waals surface area contributed by atoms with Crippen molar-refractivity contribution < 1.29 is 0 Å². The van der Waals surface area contributed by atoms with Gasteiger partial charge in [0.05, 0.1) is 34.7 Å². The second-order valence-electron chi connectivity index (χ2n) is 8.87. The minimum absolute atomic E-state index is 0.622. The minimum atomic E-state index is 0.622. The molecule has 0 radical (unpaired) electrons. The number of H-pyrrole nitrogens is 2. The van der Waals surface area contributed by atoms with Crippen molar-refractivity contribution in [2.24, 2.45) is 4.99 Å². The monoisotopic (exact) mass is 474 g/mol. The molecule has 1 aromatic carbocycles. The van der Waals surface area contributed by atoms with E-state index in [0.717, 1.165) is 73.7 Å². The first-order chi connectivity index (χ1) is 17.6. The van der Waals surface area contributed by atoms with E-state index in [1.807, 2.05) is 30.0 Å². The first-order valence-electron chi connectivity index (χ1n) is 11.9. The number of fused-ring (bicyclic) bond motifs is 2. The number of aryl methyl sites for hydroxylation is 1. The Hall–Kier alpha value is -4.72. The number of pyridine rings is 1. The smallest absolute Gasteiger partial charge is 0.147 e. The van der Waals surface area contributed by atoms with Crippen molar-refractivity contribution in [1.82, 2.24) is 35.0 Å². The molecule has 0 bridgehead atoms. The van der Waals surface area contributed by atoms with E-state index in [4.69, 9.17) is 0 Å². The van der Waals surface area contributed by atoms with Gasteiger partial charge in [0.25, 0.3) is 0 Å². The molecule has 8 heteroatoms. The van der Waals surface area contributed by atoms with Gasteiger partial charge in [-0.1, -0.05) is 25.6 Å². The lowest BCUT2D eigenvalue weighted by atomic mass is 10.0. The number of hydrogen-bond donors (Lipinski definition) is 3. The zero-order valence-electron chi connectivity index (χ0n) is 20.2. The van der Waals surface area contributed by atoms with Crippen molar-refractivity contribution in [1.29, 1.82) is 0 Å². The van der Waals surface area contributed by atoms with Crippen LogP contribution in [0.15, 0.2) is 84.2 Å². The van der Waals surface area contributed by atoms with Gasteiger partial charge in [-0.05, 0) is 54.8 Å². The van der Waals surface area contributed by atoms with Crippen LogP contribution < -0.4 is 5.32 Å². The van der Waals surface area contributed by atoms with Crippen LogP contribution in [-0.2, 0) is 0 Å². The maximum Gasteiger partial charge on any atom is 0.147 e. The van der Waals surface area contributed by atoms with Gasteiger partial charge < -0.3 is 10.3 Å². The molecule has 8 nitrogen and oxygen atoms in total. The normalized spacial score (nSPS) is 13.6. The van der Waals surface area contributed by atoms with E-state index in [1.165, 1.54) is 0 Å².